The normalized spacial score (nSPS) is 30.6. The summed E-state index contributed by atoms with van der Waals surface area (Å²) in [5.74, 6) is 1.11. The summed E-state index contributed by atoms with van der Waals surface area (Å²) in [5.41, 5.74) is 5.88. The first-order valence-electron chi connectivity index (χ1n) is 6.75. The third-order valence-corrected chi connectivity index (χ3v) is 3.61. The van der Waals surface area contributed by atoms with Crippen molar-refractivity contribution in [3.05, 3.63) is 0 Å². The minimum Gasteiger partial charge on any atom is -0.376 e. The van der Waals surface area contributed by atoms with Crippen molar-refractivity contribution in [3.8, 4) is 0 Å². The summed E-state index contributed by atoms with van der Waals surface area (Å²) in [7, 11) is 0. The molecule has 1 amide bonds. The SMILES string of the molecule is CC(C)C[C@H](N)C(=O)NC1CCOC1C1CC1. The van der Waals surface area contributed by atoms with Crippen molar-refractivity contribution in [2.24, 2.45) is 17.6 Å². The molecule has 3 atom stereocenters. The molecule has 0 aromatic heterocycles. The first-order chi connectivity index (χ1) is 8.08. The summed E-state index contributed by atoms with van der Waals surface area (Å²) in [6.07, 6.45) is 4.41. The monoisotopic (exact) mass is 240 g/mol. The number of nitrogens with one attached hydrogen (secondary N) is 1. The van der Waals surface area contributed by atoms with Gasteiger partial charge in [-0.3, -0.25) is 4.79 Å². The topological polar surface area (TPSA) is 64.4 Å². The molecule has 4 nitrogen and oxygen atoms in total. The first kappa shape index (κ1) is 12.8. The molecule has 4 heteroatoms. The highest BCUT2D eigenvalue weighted by molar-refractivity contribution is 5.81. The maximum atomic E-state index is 11.9. The number of carbonyl (C=O) groups is 1. The minimum atomic E-state index is -0.379. The van der Waals surface area contributed by atoms with Crippen molar-refractivity contribution < 1.29 is 9.53 Å². The van der Waals surface area contributed by atoms with E-state index in [1.165, 1.54) is 12.8 Å². The van der Waals surface area contributed by atoms with Crippen LogP contribution in [-0.2, 0) is 9.53 Å². The fraction of sp³-hybridized carbons (Fsp3) is 0.923. The highest BCUT2D eigenvalue weighted by atomic mass is 16.5. The molecule has 0 radical (unpaired) electrons. The standard InChI is InChI=1S/C13H24N2O2/c1-8(2)7-10(14)13(16)15-11-5-6-17-12(11)9-3-4-9/h8-12H,3-7,14H2,1-2H3,(H,15,16)/t10-,11?,12?/m0/s1. The van der Waals surface area contributed by atoms with Crippen LogP contribution in [0.1, 0.15) is 39.5 Å². The van der Waals surface area contributed by atoms with Crippen molar-refractivity contribution in [2.75, 3.05) is 6.61 Å². The van der Waals surface area contributed by atoms with Gasteiger partial charge < -0.3 is 15.8 Å². The van der Waals surface area contributed by atoms with Crippen molar-refractivity contribution >= 4 is 5.91 Å². The van der Waals surface area contributed by atoms with E-state index >= 15 is 0 Å². The van der Waals surface area contributed by atoms with Crippen molar-refractivity contribution in [3.63, 3.8) is 0 Å². The van der Waals surface area contributed by atoms with Crippen LogP contribution in [0.3, 0.4) is 0 Å². The molecule has 2 rings (SSSR count). The molecule has 2 fully saturated rings. The molecule has 98 valence electrons. The van der Waals surface area contributed by atoms with Crippen molar-refractivity contribution in [1.82, 2.24) is 5.32 Å². The molecular formula is C13H24N2O2. The Morgan fingerprint density at radius 2 is 2.12 bits per heavy atom. The summed E-state index contributed by atoms with van der Waals surface area (Å²) in [6, 6.07) is -0.191. The maximum absolute atomic E-state index is 11.9. The molecule has 1 heterocycles. The lowest BCUT2D eigenvalue weighted by Gasteiger charge is -2.22. The largest absolute Gasteiger partial charge is 0.376 e. The van der Waals surface area contributed by atoms with Crippen LogP contribution >= 0.6 is 0 Å². The number of hydrogen-bond acceptors (Lipinski definition) is 3. The van der Waals surface area contributed by atoms with Crippen molar-refractivity contribution in [2.45, 2.75) is 57.7 Å². The van der Waals surface area contributed by atoms with Crippen LogP contribution in [0.2, 0.25) is 0 Å². The van der Waals surface area contributed by atoms with E-state index < -0.39 is 0 Å². The second-order valence-corrected chi connectivity index (χ2v) is 5.81. The van der Waals surface area contributed by atoms with E-state index in [0.29, 0.717) is 11.8 Å². The summed E-state index contributed by atoms with van der Waals surface area (Å²) in [6.45, 7) is 4.93. The Labute approximate surface area is 103 Å². The van der Waals surface area contributed by atoms with Gasteiger partial charge in [-0.1, -0.05) is 13.8 Å². The number of nitrogens with two attached hydrogens (primary N) is 1. The van der Waals surface area contributed by atoms with Crippen LogP contribution in [0.5, 0.6) is 0 Å². The zero-order valence-corrected chi connectivity index (χ0v) is 10.8. The second-order valence-electron chi connectivity index (χ2n) is 5.81. The van der Waals surface area contributed by atoms with Gasteiger partial charge in [0, 0.05) is 6.61 Å². The number of amides is 1. The van der Waals surface area contributed by atoms with Gasteiger partial charge in [0.2, 0.25) is 5.91 Å². The van der Waals surface area contributed by atoms with E-state index in [4.69, 9.17) is 10.5 Å². The molecule has 1 aliphatic carbocycles. The lowest BCUT2D eigenvalue weighted by Crippen LogP contribution is -2.49. The van der Waals surface area contributed by atoms with E-state index in [2.05, 4.69) is 19.2 Å². The van der Waals surface area contributed by atoms with Crippen LogP contribution in [0.4, 0.5) is 0 Å². The predicted molar refractivity (Wildman–Crippen MR) is 66.4 cm³/mol. The van der Waals surface area contributed by atoms with Crippen LogP contribution in [0, 0.1) is 11.8 Å². The molecule has 3 N–H and O–H groups in total. The summed E-state index contributed by atoms with van der Waals surface area (Å²) in [4.78, 5) is 11.9. The van der Waals surface area contributed by atoms with Gasteiger partial charge in [0.25, 0.3) is 0 Å². The highest BCUT2D eigenvalue weighted by Crippen LogP contribution is 2.38. The fourth-order valence-electron chi connectivity index (χ4n) is 2.56. The Balaban J connectivity index is 1.80. The van der Waals surface area contributed by atoms with Crippen LogP contribution in [0.15, 0.2) is 0 Å². The van der Waals surface area contributed by atoms with E-state index in [-0.39, 0.29) is 24.1 Å². The molecule has 0 bridgehead atoms. The molecule has 1 saturated carbocycles. The molecule has 0 spiro atoms. The summed E-state index contributed by atoms with van der Waals surface area (Å²) >= 11 is 0. The van der Waals surface area contributed by atoms with Gasteiger partial charge >= 0.3 is 0 Å². The van der Waals surface area contributed by atoms with Gasteiger partial charge in [-0.25, -0.2) is 0 Å². The zero-order valence-electron chi connectivity index (χ0n) is 10.8. The molecule has 0 aromatic rings. The minimum absolute atomic E-state index is 0.0140. The Hall–Kier alpha value is -0.610. The third kappa shape index (κ3) is 3.42. The average Bonchev–Trinajstić information content (AvgIpc) is 2.99. The maximum Gasteiger partial charge on any atom is 0.237 e. The Bertz CT molecular complexity index is 277. The molecule has 1 saturated heterocycles. The number of rotatable bonds is 5. The average molecular weight is 240 g/mol. The smallest absolute Gasteiger partial charge is 0.237 e. The van der Waals surface area contributed by atoms with E-state index in [9.17, 15) is 4.79 Å². The summed E-state index contributed by atoms with van der Waals surface area (Å²) < 4.78 is 5.70. The van der Waals surface area contributed by atoms with E-state index in [1.807, 2.05) is 0 Å². The predicted octanol–water partition coefficient (Wildman–Crippen LogP) is 1.04. The third-order valence-electron chi connectivity index (χ3n) is 3.61. The molecule has 1 aliphatic heterocycles. The Kier molecular flexibility index (Phi) is 4.05. The van der Waals surface area contributed by atoms with Gasteiger partial charge in [0.05, 0.1) is 18.2 Å². The quantitative estimate of drug-likeness (QED) is 0.755. The van der Waals surface area contributed by atoms with Crippen LogP contribution in [-0.4, -0.2) is 30.7 Å². The van der Waals surface area contributed by atoms with Gasteiger partial charge in [-0.15, -0.1) is 0 Å². The first-order valence-corrected chi connectivity index (χ1v) is 6.75. The number of carbonyl (C=O) groups excluding carboxylic acids is 1. The van der Waals surface area contributed by atoms with Crippen molar-refractivity contribution in [1.29, 1.82) is 0 Å². The molecular weight excluding hydrogens is 216 g/mol. The number of hydrogen-bond donors (Lipinski definition) is 2. The van der Waals surface area contributed by atoms with Gasteiger partial charge in [0.1, 0.15) is 0 Å². The van der Waals surface area contributed by atoms with Crippen LogP contribution < -0.4 is 11.1 Å². The highest BCUT2D eigenvalue weighted by Gasteiger charge is 2.41. The molecule has 2 unspecified atom stereocenters. The molecule has 2 aliphatic rings. The summed E-state index contributed by atoms with van der Waals surface area (Å²) in [5, 5.41) is 3.07. The van der Waals surface area contributed by atoms with Gasteiger partial charge in [0.15, 0.2) is 0 Å². The Morgan fingerprint density at radius 3 is 2.71 bits per heavy atom. The number of ether oxygens (including phenoxy) is 1. The van der Waals surface area contributed by atoms with E-state index in [1.54, 1.807) is 0 Å². The van der Waals surface area contributed by atoms with E-state index in [0.717, 1.165) is 19.4 Å². The second kappa shape index (κ2) is 5.36. The Morgan fingerprint density at radius 1 is 1.41 bits per heavy atom. The van der Waals surface area contributed by atoms with Crippen LogP contribution in [0.25, 0.3) is 0 Å². The lowest BCUT2D eigenvalue weighted by atomic mass is 10.0. The van der Waals surface area contributed by atoms with Gasteiger partial charge in [-0.05, 0) is 37.5 Å². The molecule has 17 heavy (non-hydrogen) atoms. The lowest BCUT2D eigenvalue weighted by molar-refractivity contribution is -0.123. The van der Waals surface area contributed by atoms with Gasteiger partial charge in [-0.2, -0.15) is 0 Å². The molecule has 0 aromatic carbocycles. The fourth-order valence-corrected chi connectivity index (χ4v) is 2.56. The zero-order chi connectivity index (χ0) is 12.4.